The van der Waals surface area contributed by atoms with E-state index in [0.29, 0.717) is 38.7 Å². The van der Waals surface area contributed by atoms with Gasteiger partial charge in [0.15, 0.2) is 0 Å². The van der Waals surface area contributed by atoms with Crippen LogP contribution in [-0.4, -0.2) is 48.1 Å². The molecule has 1 unspecified atom stereocenters. The van der Waals surface area contributed by atoms with Crippen molar-refractivity contribution in [1.29, 1.82) is 0 Å². The summed E-state index contributed by atoms with van der Waals surface area (Å²) in [5, 5.41) is 3.12. The number of ether oxygens (including phenoxy) is 1. The fourth-order valence-electron chi connectivity index (χ4n) is 1.87. The summed E-state index contributed by atoms with van der Waals surface area (Å²) in [5.74, 6) is 1.48. The molecule has 1 aliphatic rings. The Bertz CT molecular complexity index is 399. The number of hydrogen-bond donors (Lipinski definition) is 1. The van der Waals surface area contributed by atoms with Crippen LogP contribution in [0.1, 0.15) is 18.6 Å². The van der Waals surface area contributed by atoms with Gasteiger partial charge >= 0.3 is 0 Å². The predicted molar refractivity (Wildman–Crippen MR) is 64.9 cm³/mol. The molecule has 2 rings (SSSR count). The monoisotopic (exact) mass is 253 g/mol. The van der Waals surface area contributed by atoms with E-state index in [1.807, 2.05) is 18.7 Å². The van der Waals surface area contributed by atoms with Crippen LogP contribution in [0.25, 0.3) is 0 Å². The number of aromatic nitrogens is 1. The lowest BCUT2D eigenvalue weighted by molar-refractivity contribution is -0.137. The largest absolute Gasteiger partial charge is 0.445 e. The molecule has 100 valence electrons. The van der Waals surface area contributed by atoms with Gasteiger partial charge in [0.05, 0.1) is 32.0 Å². The first-order valence-electron chi connectivity index (χ1n) is 6.18. The van der Waals surface area contributed by atoms with Gasteiger partial charge in [-0.1, -0.05) is 0 Å². The molecule has 1 N–H and O–H groups in total. The lowest BCUT2D eigenvalue weighted by Gasteiger charge is -2.29. The Morgan fingerprint density at radius 3 is 2.89 bits per heavy atom. The van der Waals surface area contributed by atoms with Gasteiger partial charge in [0, 0.05) is 13.1 Å². The maximum absolute atomic E-state index is 12.1. The lowest BCUT2D eigenvalue weighted by atomic mass is 10.2. The summed E-state index contributed by atoms with van der Waals surface area (Å²) in [6.45, 7) is 6.75. The second-order valence-electron chi connectivity index (χ2n) is 4.40. The molecule has 18 heavy (non-hydrogen) atoms. The molecule has 6 nitrogen and oxygen atoms in total. The van der Waals surface area contributed by atoms with Crippen molar-refractivity contribution >= 4 is 5.91 Å². The van der Waals surface area contributed by atoms with E-state index in [4.69, 9.17) is 9.15 Å². The van der Waals surface area contributed by atoms with E-state index in [1.54, 1.807) is 6.20 Å². The lowest BCUT2D eigenvalue weighted by Crippen LogP contribution is -2.49. The summed E-state index contributed by atoms with van der Waals surface area (Å²) < 4.78 is 10.6. The summed E-state index contributed by atoms with van der Waals surface area (Å²) in [6.07, 6.45) is 1.67. The molecule has 1 aromatic rings. The predicted octanol–water partition coefficient (Wildman–Crippen LogP) is 0.320. The van der Waals surface area contributed by atoms with Crippen LogP contribution in [0.5, 0.6) is 0 Å². The Morgan fingerprint density at radius 1 is 1.56 bits per heavy atom. The number of nitrogens with one attached hydrogen (secondary N) is 1. The smallest absolute Gasteiger partial charge is 0.239 e. The molecule has 2 heterocycles. The number of rotatable bonds is 4. The molecule has 0 radical (unpaired) electrons. The van der Waals surface area contributed by atoms with Crippen LogP contribution in [0.15, 0.2) is 10.6 Å². The number of nitrogens with zero attached hydrogens (tertiary/aromatic N) is 2. The van der Waals surface area contributed by atoms with E-state index < -0.39 is 0 Å². The van der Waals surface area contributed by atoms with Crippen molar-refractivity contribution in [2.45, 2.75) is 26.4 Å². The molecule has 1 fully saturated rings. The van der Waals surface area contributed by atoms with Crippen LogP contribution in [0.3, 0.4) is 0 Å². The Labute approximate surface area is 106 Å². The zero-order valence-electron chi connectivity index (χ0n) is 10.8. The van der Waals surface area contributed by atoms with Crippen molar-refractivity contribution in [2.24, 2.45) is 0 Å². The highest BCUT2D eigenvalue weighted by Gasteiger charge is 2.22. The highest BCUT2D eigenvalue weighted by Crippen LogP contribution is 2.03. The first kappa shape index (κ1) is 13.0. The molecule has 0 aromatic carbocycles. The quantitative estimate of drug-likeness (QED) is 0.837. The van der Waals surface area contributed by atoms with E-state index in [0.717, 1.165) is 5.76 Å². The van der Waals surface area contributed by atoms with Gasteiger partial charge in [0.25, 0.3) is 0 Å². The zero-order valence-corrected chi connectivity index (χ0v) is 10.8. The maximum atomic E-state index is 12.1. The standard InChI is InChI=1S/C12H19N3O3/c1-9-7-14-11(18-9)8-13-10(2)12(16)15-3-5-17-6-4-15/h7,10,13H,3-6,8H2,1-2H3. The zero-order chi connectivity index (χ0) is 13.0. The minimum Gasteiger partial charge on any atom is -0.445 e. The average molecular weight is 253 g/mol. The van der Waals surface area contributed by atoms with Gasteiger partial charge in [-0.3, -0.25) is 10.1 Å². The van der Waals surface area contributed by atoms with Crippen molar-refractivity contribution < 1.29 is 13.9 Å². The van der Waals surface area contributed by atoms with E-state index in [9.17, 15) is 4.79 Å². The Kier molecular flexibility index (Phi) is 4.33. The molecule has 0 saturated carbocycles. The normalized spacial score (nSPS) is 17.8. The number of hydrogen-bond acceptors (Lipinski definition) is 5. The van der Waals surface area contributed by atoms with Crippen LogP contribution in [-0.2, 0) is 16.1 Å². The van der Waals surface area contributed by atoms with Gasteiger partial charge < -0.3 is 14.1 Å². The molecule has 1 aromatic heterocycles. The third-order valence-corrected chi connectivity index (χ3v) is 2.92. The number of morpholine rings is 1. The molecule has 0 bridgehead atoms. The molecular formula is C12H19N3O3. The maximum Gasteiger partial charge on any atom is 0.239 e. The number of carbonyl (C=O) groups is 1. The van der Waals surface area contributed by atoms with Crippen molar-refractivity contribution in [1.82, 2.24) is 15.2 Å². The Hall–Kier alpha value is -1.40. The summed E-state index contributed by atoms with van der Waals surface area (Å²) in [7, 11) is 0. The van der Waals surface area contributed by atoms with Crippen LogP contribution < -0.4 is 5.32 Å². The van der Waals surface area contributed by atoms with Crippen LogP contribution in [0.4, 0.5) is 0 Å². The highest BCUT2D eigenvalue weighted by atomic mass is 16.5. The third-order valence-electron chi connectivity index (χ3n) is 2.92. The van der Waals surface area contributed by atoms with Crippen LogP contribution >= 0.6 is 0 Å². The van der Waals surface area contributed by atoms with Gasteiger partial charge in [0.1, 0.15) is 5.76 Å². The summed E-state index contributed by atoms with van der Waals surface area (Å²) in [5.41, 5.74) is 0. The third kappa shape index (κ3) is 3.30. The fraction of sp³-hybridized carbons (Fsp3) is 0.667. The Balaban J connectivity index is 1.79. The van der Waals surface area contributed by atoms with Crippen molar-refractivity contribution in [3.05, 3.63) is 17.8 Å². The average Bonchev–Trinajstić information content (AvgIpc) is 2.82. The van der Waals surface area contributed by atoms with Gasteiger partial charge in [-0.2, -0.15) is 0 Å². The van der Waals surface area contributed by atoms with Crippen LogP contribution in [0.2, 0.25) is 0 Å². The number of amides is 1. The van der Waals surface area contributed by atoms with Crippen molar-refractivity contribution in [3.63, 3.8) is 0 Å². The van der Waals surface area contributed by atoms with E-state index in [2.05, 4.69) is 10.3 Å². The van der Waals surface area contributed by atoms with E-state index in [-0.39, 0.29) is 11.9 Å². The number of aryl methyl sites for hydroxylation is 1. The fourth-order valence-corrected chi connectivity index (χ4v) is 1.87. The van der Waals surface area contributed by atoms with Gasteiger partial charge in [-0.25, -0.2) is 4.98 Å². The van der Waals surface area contributed by atoms with E-state index in [1.165, 1.54) is 0 Å². The molecule has 1 amide bonds. The molecule has 1 saturated heterocycles. The molecule has 1 aliphatic heterocycles. The first-order chi connectivity index (χ1) is 8.66. The van der Waals surface area contributed by atoms with Gasteiger partial charge in [-0.05, 0) is 13.8 Å². The van der Waals surface area contributed by atoms with Gasteiger partial charge in [-0.15, -0.1) is 0 Å². The first-order valence-corrected chi connectivity index (χ1v) is 6.18. The molecule has 6 heteroatoms. The van der Waals surface area contributed by atoms with Crippen molar-refractivity contribution in [2.75, 3.05) is 26.3 Å². The Morgan fingerprint density at radius 2 is 2.28 bits per heavy atom. The number of oxazole rings is 1. The molecule has 1 atom stereocenters. The summed E-state index contributed by atoms with van der Waals surface area (Å²) >= 11 is 0. The second kappa shape index (κ2) is 5.97. The van der Waals surface area contributed by atoms with Gasteiger partial charge in [0.2, 0.25) is 11.8 Å². The molecule has 0 aliphatic carbocycles. The summed E-state index contributed by atoms with van der Waals surface area (Å²) in [6, 6.07) is -0.240. The van der Waals surface area contributed by atoms with E-state index >= 15 is 0 Å². The minimum absolute atomic E-state index is 0.0987. The van der Waals surface area contributed by atoms with Crippen molar-refractivity contribution in [3.8, 4) is 0 Å². The summed E-state index contributed by atoms with van der Waals surface area (Å²) in [4.78, 5) is 18.0. The minimum atomic E-state index is -0.240. The molecular weight excluding hydrogens is 234 g/mol. The molecule has 0 spiro atoms. The SMILES string of the molecule is Cc1cnc(CNC(C)C(=O)N2CCOCC2)o1. The van der Waals surface area contributed by atoms with Crippen LogP contribution in [0, 0.1) is 6.92 Å². The topological polar surface area (TPSA) is 67.6 Å². The number of carbonyl (C=O) groups excluding carboxylic acids is 1. The second-order valence-corrected chi connectivity index (χ2v) is 4.40. The highest BCUT2D eigenvalue weighted by molar-refractivity contribution is 5.81.